The molecule has 5 heteroatoms. The van der Waals surface area contributed by atoms with Crippen molar-refractivity contribution in [3.05, 3.63) is 27.9 Å². The van der Waals surface area contributed by atoms with Crippen LogP contribution in [0.1, 0.15) is 42.5 Å². The fourth-order valence-electron chi connectivity index (χ4n) is 1.96. The maximum atomic E-state index is 12.0. The Morgan fingerprint density at radius 3 is 3.12 bits per heavy atom. The number of hydrogen-bond donors (Lipinski definition) is 0. The molecule has 0 spiro atoms. The number of hydrogen-bond acceptors (Lipinski definition) is 4. The van der Waals surface area contributed by atoms with Crippen molar-refractivity contribution in [2.45, 2.75) is 32.7 Å². The number of nitrogens with zero attached hydrogens (tertiary/aromatic N) is 2. The number of ether oxygens (including phenoxy) is 1. The molecule has 0 N–H and O–H groups in total. The molecule has 16 heavy (non-hydrogen) atoms. The van der Waals surface area contributed by atoms with E-state index in [4.69, 9.17) is 4.74 Å². The first-order chi connectivity index (χ1) is 7.65. The lowest BCUT2D eigenvalue weighted by molar-refractivity contribution is 0.0523. The number of carbonyl (C=O) groups excluding carboxylic acids is 1. The van der Waals surface area contributed by atoms with Crippen molar-refractivity contribution >= 4 is 5.97 Å². The Balaban J connectivity index is 2.47. The van der Waals surface area contributed by atoms with Crippen LogP contribution in [0.25, 0.3) is 0 Å². The number of rotatable bonds is 2. The van der Waals surface area contributed by atoms with Gasteiger partial charge in [0.2, 0.25) is 0 Å². The van der Waals surface area contributed by atoms with Crippen LogP contribution in [-0.4, -0.2) is 22.1 Å². The first-order valence-corrected chi connectivity index (χ1v) is 5.42. The average molecular weight is 222 g/mol. The molecule has 86 valence electrons. The minimum Gasteiger partial charge on any atom is -0.462 e. The van der Waals surface area contributed by atoms with Crippen molar-refractivity contribution < 1.29 is 9.53 Å². The highest BCUT2D eigenvalue weighted by Gasteiger charge is 2.24. The molecule has 0 fully saturated rings. The van der Waals surface area contributed by atoms with E-state index >= 15 is 0 Å². The molecule has 0 bridgehead atoms. The molecule has 1 aliphatic heterocycles. The van der Waals surface area contributed by atoms with Crippen molar-refractivity contribution in [1.82, 2.24) is 9.55 Å². The summed E-state index contributed by atoms with van der Waals surface area (Å²) in [6.45, 7) is 3.92. The van der Waals surface area contributed by atoms with Crippen LogP contribution in [-0.2, 0) is 11.2 Å². The maximum absolute atomic E-state index is 12.0. The van der Waals surface area contributed by atoms with Crippen molar-refractivity contribution in [3.8, 4) is 0 Å². The van der Waals surface area contributed by atoms with Gasteiger partial charge in [0, 0.05) is 18.7 Å². The number of aromatic nitrogens is 2. The minimum absolute atomic E-state index is 0.0272. The molecule has 2 heterocycles. The summed E-state index contributed by atoms with van der Waals surface area (Å²) < 4.78 is 6.40. The Kier molecular flexibility index (Phi) is 2.77. The Morgan fingerprint density at radius 1 is 1.69 bits per heavy atom. The molecule has 0 saturated heterocycles. The van der Waals surface area contributed by atoms with Gasteiger partial charge in [-0.15, -0.1) is 0 Å². The van der Waals surface area contributed by atoms with Crippen LogP contribution in [0.5, 0.6) is 0 Å². The Morgan fingerprint density at radius 2 is 2.44 bits per heavy atom. The van der Waals surface area contributed by atoms with Gasteiger partial charge in [-0.1, -0.05) is 0 Å². The number of aryl methyl sites for hydroxylation is 1. The van der Waals surface area contributed by atoms with Gasteiger partial charge in [0.25, 0.3) is 5.56 Å². The third-order valence-electron chi connectivity index (χ3n) is 2.79. The van der Waals surface area contributed by atoms with Gasteiger partial charge in [0.1, 0.15) is 11.4 Å². The van der Waals surface area contributed by atoms with Crippen molar-refractivity contribution in [2.75, 3.05) is 6.61 Å². The minimum atomic E-state index is -0.589. The van der Waals surface area contributed by atoms with E-state index in [1.165, 1.54) is 6.20 Å². The Bertz CT molecular complexity index is 479. The van der Waals surface area contributed by atoms with Crippen LogP contribution in [0.2, 0.25) is 0 Å². The van der Waals surface area contributed by atoms with E-state index < -0.39 is 5.97 Å². The summed E-state index contributed by atoms with van der Waals surface area (Å²) >= 11 is 0. The number of esters is 1. The van der Waals surface area contributed by atoms with Crippen LogP contribution in [0, 0.1) is 0 Å². The standard InChI is InChI=1S/C11H14N2O3/c1-3-16-11(15)8-6-12-9-5-4-7(2)13(9)10(8)14/h6-7H,3-5H2,1-2H3. The summed E-state index contributed by atoms with van der Waals surface area (Å²) in [5, 5.41) is 0. The highest BCUT2D eigenvalue weighted by atomic mass is 16.5. The van der Waals surface area contributed by atoms with Gasteiger partial charge in [-0.3, -0.25) is 9.36 Å². The SMILES string of the molecule is CCOC(=O)c1cnc2n(c1=O)C(C)CC2. The van der Waals surface area contributed by atoms with Gasteiger partial charge < -0.3 is 4.74 Å². The smallest absolute Gasteiger partial charge is 0.345 e. The van der Waals surface area contributed by atoms with E-state index in [0.717, 1.165) is 18.7 Å². The summed E-state index contributed by atoms with van der Waals surface area (Å²) in [4.78, 5) is 27.6. The lowest BCUT2D eigenvalue weighted by Crippen LogP contribution is -2.29. The predicted octanol–water partition coefficient (Wildman–Crippen LogP) is 0.927. The molecule has 5 nitrogen and oxygen atoms in total. The Labute approximate surface area is 93.1 Å². The topological polar surface area (TPSA) is 61.2 Å². The molecule has 0 aromatic carbocycles. The van der Waals surface area contributed by atoms with Gasteiger partial charge in [0.05, 0.1) is 6.61 Å². The fraction of sp³-hybridized carbons (Fsp3) is 0.545. The normalized spacial score (nSPS) is 18.2. The van der Waals surface area contributed by atoms with E-state index in [1.54, 1.807) is 11.5 Å². The van der Waals surface area contributed by atoms with E-state index in [1.807, 2.05) is 6.92 Å². The van der Waals surface area contributed by atoms with Gasteiger partial charge in [0.15, 0.2) is 0 Å². The molecule has 0 amide bonds. The first-order valence-electron chi connectivity index (χ1n) is 5.42. The maximum Gasteiger partial charge on any atom is 0.345 e. The highest BCUT2D eigenvalue weighted by Crippen LogP contribution is 2.20. The second-order valence-corrected chi connectivity index (χ2v) is 3.87. The lowest BCUT2D eigenvalue weighted by Gasteiger charge is -2.09. The molecule has 1 aromatic heterocycles. The van der Waals surface area contributed by atoms with Crippen LogP contribution in [0.15, 0.2) is 11.0 Å². The highest BCUT2D eigenvalue weighted by molar-refractivity contribution is 5.88. The molecular formula is C11H14N2O3. The van der Waals surface area contributed by atoms with Crippen molar-refractivity contribution in [3.63, 3.8) is 0 Å². The molecular weight excluding hydrogens is 208 g/mol. The van der Waals surface area contributed by atoms with Gasteiger partial charge in [-0.05, 0) is 20.3 Å². The lowest BCUT2D eigenvalue weighted by atomic mass is 10.2. The van der Waals surface area contributed by atoms with Crippen LogP contribution < -0.4 is 5.56 Å². The monoisotopic (exact) mass is 222 g/mol. The van der Waals surface area contributed by atoms with E-state index in [9.17, 15) is 9.59 Å². The van der Waals surface area contributed by atoms with Crippen LogP contribution in [0.4, 0.5) is 0 Å². The molecule has 0 saturated carbocycles. The van der Waals surface area contributed by atoms with Crippen LogP contribution >= 0.6 is 0 Å². The summed E-state index contributed by atoms with van der Waals surface area (Å²) in [7, 11) is 0. The quantitative estimate of drug-likeness (QED) is 0.698. The molecule has 0 radical (unpaired) electrons. The second-order valence-electron chi connectivity index (χ2n) is 3.87. The summed E-state index contributed by atoms with van der Waals surface area (Å²) in [5.41, 5.74) is -0.257. The van der Waals surface area contributed by atoms with E-state index in [0.29, 0.717) is 0 Å². The van der Waals surface area contributed by atoms with E-state index in [-0.39, 0.29) is 23.8 Å². The largest absolute Gasteiger partial charge is 0.462 e. The molecule has 1 unspecified atom stereocenters. The zero-order chi connectivity index (χ0) is 11.7. The molecule has 1 atom stereocenters. The first kappa shape index (κ1) is 10.9. The molecule has 1 aliphatic rings. The Hall–Kier alpha value is -1.65. The molecule has 2 rings (SSSR count). The number of carbonyl (C=O) groups is 1. The molecule has 1 aromatic rings. The zero-order valence-corrected chi connectivity index (χ0v) is 9.40. The van der Waals surface area contributed by atoms with Gasteiger partial charge in [-0.2, -0.15) is 0 Å². The average Bonchev–Trinajstić information content (AvgIpc) is 2.62. The zero-order valence-electron chi connectivity index (χ0n) is 9.40. The predicted molar refractivity (Wildman–Crippen MR) is 57.5 cm³/mol. The summed E-state index contributed by atoms with van der Waals surface area (Å²) in [6.07, 6.45) is 3.01. The molecule has 0 aliphatic carbocycles. The number of fused-ring (bicyclic) bond motifs is 1. The fourth-order valence-corrected chi connectivity index (χ4v) is 1.96. The van der Waals surface area contributed by atoms with E-state index in [2.05, 4.69) is 4.98 Å². The third kappa shape index (κ3) is 1.62. The third-order valence-corrected chi connectivity index (χ3v) is 2.79. The van der Waals surface area contributed by atoms with Crippen LogP contribution in [0.3, 0.4) is 0 Å². The van der Waals surface area contributed by atoms with Gasteiger partial charge >= 0.3 is 5.97 Å². The summed E-state index contributed by atoms with van der Waals surface area (Å²) in [6, 6.07) is 0.115. The van der Waals surface area contributed by atoms with Gasteiger partial charge in [-0.25, -0.2) is 9.78 Å². The van der Waals surface area contributed by atoms with Crippen molar-refractivity contribution in [1.29, 1.82) is 0 Å². The van der Waals surface area contributed by atoms with Crippen molar-refractivity contribution in [2.24, 2.45) is 0 Å². The second kappa shape index (κ2) is 4.08. The summed E-state index contributed by atoms with van der Waals surface area (Å²) in [5.74, 6) is 0.167.